The van der Waals surface area contributed by atoms with E-state index in [0.717, 1.165) is 37.3 Å². The minimum absolute atomic E-state index is 0.0981. The van der Waals surface area contributed by atoms with E-state index < -0.39 is 0 Å². The number of rotatable bonds is 4. The molecular formula is C17H23N5O. The van der Waals surface area contributed by atoms with Gasteiger partial charge in [0.2, 0.25) is 5.91 Å². The molecule has 1 unspecified atom stereocenters. The normalized spacial score (nSPS) is 18.0. The standard InChI is InChI=1S/C17H23N5O/c1-14-10-19-22(11-14)13-17(23)20(2)15-6-5-9-21(12-15)16-7-3-4-8-18-16/h3-4,7-8,10-11,15H,5-6,9,12-13H2,1-2H3. The molecular weight excluding hydrogens is 290 g/mol. The number of amides is 1. The van der Waals surface area contributed by atoms with Gasteiger partial charge >= 0.3 is 0 Å². The summed E-state index contributed by atoms with van der Waals surface area (Å²) in [6.45, 7) is 4.10. The zero-order chi connectivity index (χ0) is 16.2. The van der Waals surface area contributed by atoms with E-state index in [4.69, 9.17) is 0 Å². The molecule has 0 aromatic carbocycles. The first-order valence-electron chi connectivity index (χ1n) is 8.04. The molecule has 1 fully saturated rings. The van der Waals surface area contributed by atoms with Gasteiger partial charge in [0, 0.05) is 38.6 Å². The molecule has 2 aromatic rings. The van der Waals surface area contributed by atoms with E-state index in [0.29, 0.717) is 6.54 Å². The lowest BCUT2D eigenvalue weighted by molar-refractivity contribution is -0.133. The summed E-state index contributed by atoms with van der Waals surface area (Å²) in [5.41, 5.74) is 1.07. The van der Waals surface area contributed by atoms with Gasteiger partial charge in [0.25, 0.3) is 0 Å². The Morgan fingerprint density at radius 3 is 3.00 bits per heavy atom. The molecule has 1 atom stereocenters. The Bertz CT molecular complexity index is 654. The average molecular weight is 313 g/mol. The fourth-order valence-corrected chi connectivity index (χ4v) is 3.03. The molecule has 1 saturated heterocycles. The Labute approximate surface area is 136 Å². The maximum absolute atomic E-state index is 12.5. The number of likely N-dealkylation sites (N-methyl/N-ethyl adjacent to an activating group) is 1. The van der Waals surface area contributed by atoms with Crippen LogP contribution in [0.2, 0.25) is 0 Å². The summed E-state index contributed by atoms with van der Waals surface area (Å²) in [5.74, 6) is 1.08. The number of aryl methyl sites for hydroxylation is 1. The number of carbonyl (C=O) groups excluding carboxylic acids is 1. The van der Waals surface area contributed by atoms with Gasteiger partial charge in [-0.3, -0.25) is 9.48 Å². The van der Waals surface area contributed by atoms with Crippen LogP contribution in [-0.4, -0.2) is 51.8 Å². The largest absolute Gasteiger partial charge is 0.355 e. The Kier molecular flexibility index (Phi) is 4.60. The third-order valence-corrected chi connectivity index (χ3v) is 4.37. The third-order valence-electron chi connectivity index (χ3n) is 4.37. The van der Waals surface area contributed by atoms with E-state index in [9.17, 15) is 4.79 Å². The molecule has 6 nitrogen and oxygen atoms in total. The highest BCUT2D eigenvalue weighted by atomic mass is 16.2. The van der Waals surface area contributed by atoms with E-state index >= 15 is 0 Å². The summed E-state index contributed by atoms with van der Waals surface area (Å²) >= 11 is 0. The van der Waals surface area contributed by atoms with Gasteiger partial charge < -0.3 is 9.80 Å². The molecule has 3 rings (SSSR count). The number of carbonyl (C=O) groups is 1. The fraction of sp³-hybridized carbons (Fsp3) is 0.471. The van der Waals surface area contributed by atoms with Crippen molar-refractivity contribution in [1.82, 2.24) is 19.7 Å². The number of aromatic nitrogens is 3. The lowest BCUT2D eigenvalue weighted by Crippen LogP contribution is -2.49. The van der Waals surface area contributed by atoms with Crippen molar-refractivity contribution in [2.24, 2.45) is 0 Å². The summed E-state index contributed by atoms with van der Waals surface area (Å²) in [6, 6.07) is 6.17. The van der Waals surface area contributed by atoms with Crippen molar-refractivity contribution >= 4 is 11.7 Å². The molecule has 6 heteroatoms. The van der Waals surface area contributed by atoms with Crippen LogP contribution < -0.4 is 4.90 Å². The second-order valence-electron chi connectivity index (χ2n) is 6.15. The van der Waals surface area contributed by atoms with E-state index in [-0.39, 0.29) is 11.9 Å². The topological polar surface area (TPSA) is 54.3 Å². The van der Waals surface area contributed by atoms with Crippen LogP contribution in [-0.2, 0) is 11.3 Å². The summed E-state index contributed by atoms with van der Waals surface area (Å²) in [7, 11) is 1.89. The van der Waals surface area contributed by atoms with Crippen LogP contribution in [0.4, 0.5) is 5.82 Å². The molecule has 0 radical (unpaired) electrons. The predicted molar refractivity (Wildman–Crippen MR) is 89.2 cm³/mol. The molecule has 1 amide bonds. The summed E-state index contributed by atoms with van der Waals surface area (Å²) in [6.07, 6.45) is 7.58. The van der Waals surface area contributed by atoms with Gasteiger partial charge in [-0.25, -0.2) is 4.98 Å². The highest BCUT2D eigenvalue weighted by molar-refractivity contribution is 5.76. The minimum atomic E-state index is 0.0981. The van der Waals surface area contributed by atoms with Crippen LogP contribution in [0.3, 0.4) is 0 Å². The quantitative estimate of drug-likeness (QED) is 0.862. The van der Waals surface area contributed by atoms with Crippen LogP contribution in [0, 0.1) is 6.92 Å². The van der Waals surface area contributed by atoms with Gasteiger partial charge in [0.1, 0.15) is 12.4 Å². The number of pyridine rings is 1. The lowest BCUT2D eigenvalue weighted by atomic mass is 10.0. The van der Waals surface area contributed by atoms with E-state index in [1.165, 1.54) is 0 Å². The van der Waals surface area contributed by atoms with Gasteiger partial charge in [0.15, 0.2) is 0 Å². The van der Waals surface area contributed by atoms with Crippen molar-refractivity contribution in [3.63, 3.8) is 0 Å². The fourth-order valence-electron chi connectivity index (χ4n) is 3.03. The number of anilines is 1. The maximum Gasteiger partial charge on any atom is 0.244 e. The van der Waals surface area contributed by atoms with Crippen LogP contribution >= 0.6 is 0 Å². The first kappa shape index (κ1) is 15.5. The zero-order valence-electron chi connectivity index (χ0n) is 13.7. The molecule has 2 aromatic heterocycles. The Morgan fingerprint density at radius 2 is 2.30 bits per heavy atom. The van der Waals surface area contributed by atoms with Crippen LogP contribution in [0.15, 0.2) is 36.8 Å². The number of nitrogens with zero attached hydrogens (tertiary/aromatic N) is 5. The van der Waals surface area contributed by atoms with Crippen molar-refractivity contribution in [1.29, 1.82) is 0 Å². The molecule has 3 heterocycles. The van der Waals surface area contributed by atoms with Crippen LogP contribution in [0.1, 0.15) is 18.4 Å². The van der Waals surface area contributed by atoms with Crippen molar-refractivity contribution < 1.29 is 4.79 Å². The third kappa shape index (κ3) is 3.70. The molecule has 23 heavy (non-hydrogen) atoms. The first-order valence-corrected chi connectivity index (χ1v) is 8.04. The lowest BCUT2D eigenvalue weighted by Gasteiger charge is -2.38. The highest BCUT2D eigenvalue weighted by Gasteiger charge is 2.26. The molecule has 0 bridgehead atoms. The molecule has 0 spiro atoms. The van der Waals surface area contributed by atoms with Crippen LogP contribution in [0.5, 0.6) is 0 Å². The summed E-state index contributed by atoms with van der Waals surface area (Å²) in [5, 5.41) is 4.19. The van der Waals surface area contributed by atoms with E-state index in [2.05, 4.69) is 15.0 Å². The summed E-state index contributed by atoms with van der Waals surface area (Å²) < 4.78 is 1.70. The smallest absolute Gasteiger partial charge is 0.244 e. The van der Waals surface area contributed by atoms with Gasteiger partial charge in [0.05, 0.1) is 6.20 Å². The molecule has 1 aliphatic rings. The van der Waals surface area contributed by atoms with Gasteiger partial charge in [-0.15, -0.1) is 0 Å². The monoisotopic (exact) mass is 313 g/mol. The summed E-state index contributed by atoms with van der Waals surface area (Å²) in [4.78, 5) is 21.0. The van der Waals surface area contributed by atoms with E-state index in [1.807, 2.05) is 49.5 Å². The Hall–Kier alpha value is -2.37. The Balaban J connectivity index is 1.62. The van der Waals surface area contributed by atoms with Crippen molar-refractivity contribution in [2.75, 3.05) is 25.0 Å². The van der Waals surface area contributed by atoms with Crippen LogP contribution in [0.25, 0.3) is 0 Å². The molecule has 0 N–H and O–H groups in total. The minimum Gasteiger partial charge on any atom is -0.355 e. The van der Waals surface area contributed by atoms with Gasteiger partial charge in [-0.1, -0.05) is 6.07 Å². The number of piperidine rings is 1. The Morgan fingerprint density at radius 1 is 1.43 bits per heavy atom. The predicted octanol–water partition coefficient (Wildman–Crippen LogP) is 1.71. The maximum atomic E-state index is 12.5. The molecule has 0 saturated carbocycles. The second kappa shape index (κ2) is 6.81. The highest BCUT2D eigenvalue weighted by Crippen LogP contribution is 2.20. The molecule has 1 aliphatic heterocycles. The van der Waals surface area contributed by atoms with Crippen molar-refractivity contribution in [3.05, 3.63) is 42.4 Å². The number of hydrogen-bond donors (Lipinski definition) is 0. The van der Waals surface area contributed by atoms with Gasteiger partial charge in [-0.05, 0) is 37.5 Å². The second-order valence-corrected chi connectivity index (χ2v) is 6.15. The van der Waals surface area contributed by atoms with E-state index in [1.54, 1.807) is 10.9 Å². The molecule has 0 aliphatic carbocycles. The zero-order valence-corrected chi connectivity index (χ0v) is 13.7. The molecule has 122 valence electrons. The van der Waals surface area contributed by atoms with Crippen molar-refractivity contribution in [3.8, 4) is 0 Å². The van der Waals surface area contributed by atoms with Crippen molar-refractivity contribution in [2.45, 2.75) is 32.4 Å². The number of hydrogen-bond acceptors (Lipinski definition) is 4. The first-order chi connectivity index (χ1) is 11.1. The average Bonchev–Trinajstić information content (AvgIpc) is 3.00. The SMILES string of the molecule is Cc1cnn(CC(=O)N(C)C2CCCN(c3ccccn3)C2)c1. The van der Waals surface area contributed by atoms with Gasteiger partial charge in [-0.2, -0.15) is 5.10 Å².